The fourth-order valence-electron chi connectivity index (χ4n) is 1.98. The molecule has 0 aliphatic rings. The second-order valence-corrected chi connectivity index (χ2v) is 7.01. The van der Waals surface area contributed by atoms with Crippen LogP contribution in [0.2, 0.25) is 0 Å². The fraction of sp³-hybridized carbons (Fsp3) is 0.357. The Morgan fingerprint density at radius 3 is 2.83 bits per heavy atom. The van der Waals surface area contributed by atoms with Crippen molar-refractivity contribution in [1.82, 2.24) is 29.6 Å². The molecule has 9 heteroatoms. The third kappa shape index (κ3) is 3.50. The standard InChI is InChI=1S/C14H17N7S2/c1-9-5-6-10(2)11(7-9)21-14(16-18-19-21)22-8-12-15-13(20(3)4)23-17-12/h5-7H,8H2,1-4H3. The van der Waals surface area contributed by atoms with Gasteiger partial charge in [0.05, 0.1) is 11.4 Å². The average Bonchev–Trinajstić information content (AvgIpc) is 3.16. The van der Waals surface area contributed by atoms with Gasteiger partial charge in [0.25, 0.3) is 0 Å². The number of benzene rings is 1. The predicted octanol–water partition coefficient (Wildman–Crippen LogP) is 2.49. The molecule has 0 bridgehead atoms. The van der Waals surface area contributed by atoms with E-state index in [0.29, 0.717) is 5.75 Å². The van der Waals surface area contributed by atoms with Crippen LogP contribution in [-0.2, 0) is 5.75 Å². The Bertz CT molecular complexity index is 809. The van der Waals surface area contributed by atoms with Crippen LogP contribution in [0.3, 0.4) is 0 Å². The quantitative estimate of drug-likeness (QED) is 0.657. The van der Waals surface area contributed by atoms with Crippen molar-refractivity contribution >= 4 is 28.4 Å². The van der Waals surface area contributed by atoms with E-state index in [2.05, 4.69) is 56.9 Å². The van der Waals surface area contributed by atoms with Crippen molar-refractivity contribution in [3.8, 4) is 5.69 Å². The molecule has 23 heavy (non-hydrogen) atoms. The van der Waals surface area contributed by atoms with E-state index < -0.39 is 0 Å². The van der Waals surface area contributed by atoms with Crippen LogP contribution < -0.4 is 4.90 Å². The summed E-state index contributed by atoms with van der Waals surface area (Å²) < 4.78 is 6.13. The van der Waals surface area contributed by atoms with E-state index in [1.165, 1.54) is 28.9 Å². The molecule has 0 amide bonds. The molecule has 0 saturated heterocycles. The lowest BCUT2D eigenvalue weighted by Crippen LogP contribution is -2.07. The molecule has 2 heterocycles. The molecule has 0 spiro atoms. The minimum atomic E-state index is 0.635. The first-order chi connectivity index (χ1) is 11.0. The number of anilines is 1. The number of tetrazole rings is 1. The summed E-state index contributed by atoms with van der Waals surface area (Å²) >= 11 is 2.92. The van der Waals surface area contributed by atoms with Gasteiger partial charge in [-0.2, -0.15) is 9.06 Å². The number of thioether (sulfide) groups is 1. The van der Waals surface area contributed by atoms with E-state index >= 15 is 0 Å². The smallest absolute Gasteiger partial charge is 0.214 e. The summed E-state index contributed by atoms with van der Waals surface area (Å²) in [6.45, 7) is 4.11. The topological polar surface area (TPSA) is 72.6 Å². The predicted molar refractivity (Wildman–Crippen MR) is 92.4 cm³/mol. The molecule has 0 unspecified atom stereocenters. The number of hydrogen-bond acceptors (Lipinski definition) is 8. The van der Waals surface area contributed by atoms with Crippen LogP contribution in [0.5, 0.6) is 0 Å². The summed E-state index contributed by atoms with van der Waals surface area (Å²) in [5, 5.41) is 13.7. The molecule has 1 aromatic carbocycles. The molecule has 2 aromatic heterocycles. The SMILES string of the molecule is Cc1ccc(C)c(-n2nnnc2SCc2nsc(N(C)C)n2)c1. The van der Waals surface area contributed by atoms with E-state index in [1.807, 2.05) is 19.0 Å². The van der Waals surface area contributed by atoms with E-state index in [-0.39, 0.29) is 0 Å². The van der Waals surface area contributed by atoms with Crippen molar-refractivity contribution in [2.75, 3.05) is 19.0 Å². The molecule has 7 nitrogen and oxygen atoms in total. The molecule has 0 aliphatic heterocycles. The van der Waals surface area contributed by atoms with Gasteiger partial charge in [0.1, 0.15) is 0 Å². The maximum absolute atomic E-state index is 4.48. The lowest BCUT2D eigenvalue weighted by Gasteiger charge is -2.08. The number of nitrogens with zero attached hydrogens (tertiary/aromatic N) is 7. The Hall–Kier alpha value is -2.00. The van der Waals surface area contributed by atoms with Crippen LogP contribution in [0, 0.1) is 13.8 Å². The van der Waals surface area contributed by atoms with Gasteiger partial charge in [-0.3, -0.25) is 0 Å². The van der Waals surface area contributed by atoms with Crippen LogP contribution in [0.25, 0.3) is 5.69 Å². The van der Waals surface area contributed by atoms with Crippen molar-refractivity contribution in [2.45, 2.75) is 24.8 Å². The zero-order chi connectivity index (χ0) is 16.4. The highest BCUT2D eigenvalue weighted by Crippen LogP contribution is 2.25. The molecule has 0 radical (unpaired) electrons. The highest BCUT2D eigenvalue weighted by atomic mass is 32.2. The zero-order valence-corrected chi connectivity index (χ0v) is 15.0. The van der Waals surface area contributed by atoms with Crippen molar-refractivity contribution in [1.29, 1.82) is 0 Å². The summed E-state index contributed by atoms with van der Waals surface area (Å²) in [7, 11) is 3.91. The maximum Gasteiger partial charge on any atom is 0.214 e. The summed E-state index contributed by atoms with van der Waals surface area (Å²) in [6.07, 6.45) is 0. The van der Waals surface area contributed by atoms with Crippen LogP contribution in [0.1, 0.15) is 17.0 Å². The van der Waals surface area contributed by atoms with E-state index in [0.717, 1.165) is 27.4 Å². The lowest BCUT2D eigenvalue weighted by atomic mass is 10.1. The number of aromatic nitrogens is 6. The minimum absolute atomic E-state index is 0.635. The van der Waals surface area contributed by atoms with E-state index in [9.17, 15) is 0 Å². The molecule has 3 aromatic rings. The van der Waals surface area contributed by atoms with Crippen molar-refractivity contribution in [3.05, 3.63) is 35.2 Å². The van der Waals surface area contributed by atoms with E-state index in [4.69, 9.17) is 0 Å². The van der Waals surface area contributed by atoms with Crippen LogP contribution >= 0.6 is 23.3 Å². The van der Waals surface area contributed by atoms with Crippen molar-refractivity contribution in [3.63, 3.8) is 0 Å². The van der Waals surface area contributed by atoms with Crippen molar-refractivity contribution < 1.29 is 0 Å². The summed E-state index contributed by atoms with van der Waals surface area (Å²) in [4.78, 5) is 6.43. The third-order valence-electron chi connectivity index (χ3n) is 3.20. The number of hydrogen-bond donors (Lipinski definition) is 0. The summed E-state index contributed by atoms with van der Waals surface area (Å²) in [6, 6.07) is 6.24. The first kappa shape index (κ1) is 15.9. The van der Waals surface area contributed by atoms with Gasteiger partial charge in [-0.05, 0) is 41.5 Å². The lowest BCUT2D eigenvalue weighted by molar-refractivity contribution is 0.751. The molecule has 0 saturated carbocycles. The monoisotopic (exact) mass is 347 g/mol. The van der Waals surface area contributed by atoms with E-state index in [1.54, 1.807) is 4.68 Å². The Morgan fingerprint density at radius 2 is 2.09 bits per heavy atom. The number of aryl methyl sites for hydroxylation is 2. The second-order valence-electron chi connectivity index (χ2n) is 5.34. The van der Waals surface area contributed by atoms with Gasteiger partial charge in [0.2, 0.25) is 10.3 Å². The molecule has 0 aliphatic carbocycles. The highest BCUT2D eigenvalue weighted by molar-refractivity contribution is 7.98. The summed E-state index contributed by atoms with van der Waals surface area (Å²) in [5.41, 5.74) is 3.30. The largest absolute Gasteiger partial charge is 0.353 e. The van der Waals surface area contributed by atoms with Crippen LogP contribution in [-0.4, -0.2) is 43.7 Å². The maximum atomic E-state index is 4.48. The minimum Gasteiger partial charge on any atom is -0.353 e. The molecular weight excluding hydrogens is 330 g/mol. The second kappa shape index (κ2) is 6.63. The van der Waals surface area contributed by atoms with Crippen LogP contribution in [0.15, 0.2) is 23.4 Å². The summed E-state index contributed by atoms with van der Waals surface area (Å²) in [5.74, 6) is 1.43. The zero-order valence-electron chi connectivity index (χ0n) is 13.4. The Labute approximate surface area is 142 Å². The Balaban J connectivity index is 1.79. The van der Waals surface area contributed by atoms with Gasteiger partial charge in [-0.25, -0.2) is 4.98 Å². The molecular formula is C14H17N7S2. The van der Waals surface area contributed by atoms with Crippen LogP contribution in [0.4, 0.5) is 5.13 Å². The van der Waals surface area contributed by atoms with Gasteiger partial charge in [0.15, 0.2) is 5.82 Å². The third-order valence-corrected chi connectivity index (χ3v) is 5.04. The van der Waals surface area contributed by atoms with Crippen molar-refractivity contribution in [2.24, 2.45) is 0 Å². The van der Waals surface area contributed by atoms with Gasteiger partial charge in [0, 0.05) is 25.6 Å². The fourth-order valence-corrected chi connectivity index (χ4v) is 3.40. The van der Waals surface area contributed by atoms with Gasteiger partial charge < -0.3 is 4.90 Å². The number of rotatable bonds is 5. The highest BCUT2D eigenvalue weighted by Gasteiger charge is 2.13. The molecule has 0 atom stereocenters. The molecule has 0 N–H and O–H groups in total. The normalized spacial score (nSPS) is 11.0. The van der Waals surface area contributed by atoms with Gasteiger partial charge in [-0.15, -0.1) is 5.10 Å². The molecule has 3 rings (SSSR count). The van der Waals surface area contributed by atoms with Gasteiger partial charge >= 0.3 is 0 Å². The Morgan fingerprint density at radius 1 is 1.26 bits per heavy atom. The first-order valence-corrected chi connectivity index (χ1v) is 8.79. The average molecular weight is 347 g/mol. The first-order valence-electron chi connectivity index (χ1n) is 7.03. The molecule has 0 fully saturated rings. The molecule has 120 valence electrons. The Kier molecular flexibility index (Phi) is 4.58. The van der Waals surface area contributed by atoms with Gasteiger partial charge in [-0.1, -0.05) is 23.9 Å².